The molecule has 3 aliphatic rings. The Morgan fingerprint density at radius 3 is 2.71 bits per heavy atom. The van der Waals surface area contributed by atoms with Gasteiger partial charge in [-0.1, -0.05) is 12.2 Å². The predicted molar refractivity (Wildman–Crippen MR) is 124 cm³/mol. The number of rotatable bonds is 10. The number of aliphatic hydroxyl groups excluding tert-OH is 1. The SMILES string of the molecule is [O-][S+](NCCCCC(CO)N1C2=CCCC=C2C2C=NC=NC21)c1ccc(OC(F)(F)F)cc1. The minimum absolute atomic E-state index is 0.00616. The smallest absolute Gasteiger partial charge is 0.573 e. The molecule has 0 radical (unpaired) electrons. The van der Waals surface area contributed by atoms with Gasteiger partial charge in [0.25, 0.3) is 0 Å². The van der Waals surface area contributed by atoms with Gasteiger partial charge in [0.1, 0.15) is 18.3 Å². The normalized spacial score (nSPS) is 23.1. The molecular weight excluding hydrogens is 469 g/mol. The van der Waals surface area contributed by atoms with E-state index in [0.717, 1.165) is 49.9 Å². The molecule has 4 rings (SSSR count). The molecule has 1 aliphatic carbocycles. The van der Waals surface area contributed by atoms with Gasteiger partial charge < -0.3 is 19.3 Å². The van der Waals surface area contributed by atoms with Crippen LogP contribution in [0.4, 0.5) is 13.2 Å². The van der Waals surface area contributed by atoms with Crippen molar-refractivity contribution in [2.45, 2.75) is 55.6 Å². The fourth-order valence-electron chi connectivity index (χ4n) is 4.53. The van der Waals surface area contributed by atoms with Crippen molar-refractivity contribution < 1.29 is 27.6 Å². The Morgan fingerprint density at radius 1 is 1.21 bits per heavy atom. The number of aliphatic imine (C=N–C) groups is 2. The number of halogens is 3. The van der Waals surface area contributed by atoms with Crippen LogP contribution in [0.2, 0.25) is 0 Å². The lowest BCUT2D eigenvalue weighted by Crippen LogP contribution is -2.42. The number of ether oxygens (including phenoxy) is 1. The van der Waals surface area contributed by atoms with Crippen LogP contribution in [0.3, 0.4) is 0 Å². The molecule has 0 bridgehead atoms. The van der Waals surface area contributed by atoms with Crippen LogP contribution in [0, 0.1) is 5.92 Å². The largest absolute Gasteiger partial charge is 0.593 e. The minimum Gasteiger partial charge on any atom is -0.593 e. The zero-order valence-electron chi connectivity index (χ0n) is 18.4. The first-order chi connectivity index (χ1) is 16.4. The number of hydrogen-bond donors (Lipinski definition) is 2. The summed E-state index contributed by atoms with van der Waals surface area (Å²) in [4.78, 5) is 11.4. The van der Waals surface area contributed by atoms with E-state index >= 15 is 0 Å². The number of nitrogens with zero attached hydrogens (tertiary/aromatic N) is 3. The molecule has 11 heteroatoms. The Morgan fingerprint density at radius 2 is 1.97 bits per heavy atom. The lowest BCUT2D eigenvalue weighted by molar-refractivity contribution is -0.274. The van der Waals surface area contributed by atoms with Crippen molar-refractivity contribution in [3.05, 3.63) is 47.7 Å². The highest BCUT2D eigenvalue weighted by Gasteiger charge is 2.44. The quantitative estimate of drug-likeness (QED) is 0.381. The van der Waals surface area contributed by atoms with E-state index in [1.54, 1.807) is 6.34 Å². The lowest BCUT2D eigenvalue weighted by atomic mass is 9.95. The number of nitrogens with one attached hydrogen (secondary N) is 1. The van der Waals surface area contributed by atoms with E-state index in [-0.39, 0.29) is 30.5 Å². The summed E-state index contributed by atoms with van der Waals surface area (Å²) in [7, 11) is 0. The summed E-state index contributed by atoms with van der Waals surface area (Å²) in [6, 6.07) is 4.87. The van der Waals surface area contributed by atoms with Gasteiger partial charge >= 0.3 is 6.36 Å². The molecule has 2 N–H and O–H groups in total. The summed E-state index contributed by atoms with van der Waals surface area (Å²) in [5, 5.41) is 10.1. The van der Waals surface area contributed by atoms with E-state index in [9.17, 15) is 22.8 Å². The molecule has 4 unspecified atom stereocenters. The predicted octanol–water partition coefficient (Wildman–Crippen LogP) is 3.70. The Kier molecular flexibility index (Phi) is 7.97. The van der Waals surface area contributed by atoms with Crippen LogP contribution in [0.1, 0.15) is 32.1 Å². The maximum absolute atomic E-state index is 12.4. The molecule has 1 saturated heterocycles. The van der Waals surface area contributed by atoms with Gasteiger partial charge in [0.15, 0.2) is 4.90 Å². The summed E-state index contributed by atoms with van der Waals surface area (Å²) < 4.78 is 55.8. The van der Waals surface area contributed by atoms with Gasteiger partial charge in [0.05, 0.1) is 29.9 Å². The Balaban J connectivity index is 1.25. The maximum atomic E-state index is 12.4. The van der Waals surface area contributed by atoms with Crippen LogP contribution in [-0.2, 0) is 11.4 Å². The van der Waals surface area contributed by atoms with Crippen molar-refractivity contribution in [2.75, 3.05) is 13.2 Å². The van der Waals surface area contributed by atoms with Gasteiger partial charge in [0.2, 0.25) is 0 Å². The van der Waals surface area contributed by atoms with E-state index in [0.29, 0.717) is 11.4 Å². The summed E-state index contributed by atoms with van der Waals surface area (Å²) in [6.07, 6.45) is 7.35. The highest BCUT2D eigenvalue weighted by atomic mass is 32.2. The number of alkyl halides is 3. The van der Waals surface area contributed by atoms with Crippen LogP contribution < -0.4 is 9.46 Å². The molecule has 34 heavy (non-hydrogen) atoms. The third-order valence-electron chi connectivity index (χ3n) is 6.01. The van der Waals surface area contributed by atoms with Crippen LogP contribution in [0.15, 0.2) is 62.6 Å². The topological polar surface area (TPSA) is 92.5 Å². The molecule has 7 nitrogen and oxygen atoms in total. The second kappa shape index (κ2) is 10.9. The number of unbranched alkanes of at least 4 members (excludes halogenated alkanes) is 1. The number of allylic oxidation sites excluding steroid dienone is 3. The first kappa shape index (κ1) is 24.8. The molecule has 0 saturated carbocycles. The molecule has 4 atom stereocenters. The number of benzene rings is 1. The molecule has 0 spiro atoms. The molecule has 2 aliphatic heterocycles. The van der Waals surface area contributed by atoms with Gasteiger partial charge in [-0.05, 0) is 61.9 Å². The zero-order chi connectivity index (χ0) is 24.1. The Bertz CT molecular complexity index is 965. The van der Waals surface area contributed by atoms with Crippen molar-refractivity contribution in [1.29, 1.82) is 0 Å². The minimum atomic E-state index is -4.76. The van der Waals surface area contributed by atoms with Gasteiger partial charge in [-0.2, -0.15) is 0 Å². The first-order valence-corrected chi connectivity index (χ1v) is 12.4. The van der Waals surface area contributed by atoms with Crippen molar-refractivity contribution in [3.63, 3.8) is 0 Å². The van der Waals surface area contributed by atoms with Crippen LogP contribution >= 0.6 is 0 Å². The first-order valence-electron chi connectivity index (χ1n) is 11.2. The fourth-order valence-corrected chi connectivity index (χ4v) is 5.41. The molecular formula is C23H27F3N4O3S. The number of aliphatic hydroxyl groups is 1. The molecule has 0 aromatic heterocycles. The van der Waals surface area contributed by atoms with Crippen LogP contribution in [0.25, 0.3) is 0 Å². The molecule has 2 heterocycles. The number of fused-ring (bicyclic) bond motifs is 3. The van der Waals surface area contributed by atoms with E-state index in [1.165, 1.54) is 17.7 Å². The fraction of sp³-hybridized carbons (Fsp3) is 0.478. The van der Waals surface area contributed by atoms with Crippen molar-refractivity contribution in [2.24, 2.45) is 15.9 Å². The second-order valence-corrected chi connectivity index (χ2v) is 9.55. The van der Waals surface area contributed by atoms with E-state index in [2.05, 4.69) is 36.5 Å². The molecule has 1 aromatic carbocycles. The summed E-state index contributed by atoms with van der Waals surface area (Å²) in [5.41, 5.74) is 2.38. The standard InChI is InChI=1S/C23H27F3N4O3S/c24-23(25,26)33-17-8-10-18(11-9-17)34(32)29-12-4-3-5-16(14-31)30-21-7-2-1-6-19(21)20-13-27-15-28-22(20)30/h6-11,13,15-16,20,22,29,31H,1-5,12,14H2. The third-order valence-corrected chi connectivity index (χ3v) is 7.18. The molecule has 1 fully saturated rings. The monoisotopic (exact) mass is 496 g/mol. The summed E-state index contributed by atoms with van der Waals surface area (Å²) in [6.45, 7) is 0.475. The highest BCUT2D eigenvalue weighted by Crippen LogP contribution is 2.43. The number of hydrogen-bond acceptors (Lipinski definition) is 7. The van der Waals surface area contributed by atoms with Gasteiger partial charge in [-0.15, -0.1) is 17.9 Å². The van der Waals surface area contributed by atoms with Crippen molar-refractivity contribution in [1.82, 2.24) is 9.62 Å². The van der Waals surface area contributed by atoms with E-state index < -0.39 is 17.7 Å². The lowest BCUT2D eigenvalue weighted by Gasteiger charge is -2.34. The molecule has 0 amide bonds. The molecule has 1 aromatic rings. The van der Waals surface area contributed by atoms with Gasteiger partial charge in [-0.25, -0.2) is 9.98 Å². The van der Waals surface area contributed by atoms with Crippen LogP contribution in [-0.4, -0.2) is 58.8 Å². The van der Waals surface area contributed by atoms with Crippen LogP contribution in [0.5, 0.6) is 5.75 Å². The highest BCUT2D eigenvalue weighted by molar-refractivity contribution is 7.89. The second-order valence-electron chi connectivity index (χ2n) is 8.25. The summed E-state index contributed by atoms with van der Waals surface area (Å²) >= 11 is -1.54. The van der Waals surface area contributed by atoms with Gasteiger partial charge in [-0.3, -0.25) is 0 Å². The van der Waals surface area contributed by atoms with Gasteiger partial charge in [0, 0.05) is 18.5 Å². The molecule has 184 valence electrons. The third kappa shape index (κ3) is 5.83. The maximum Gasteiger partial charge on any atom is 0.573 e. The summed E-state index contributed by atoms with van der Waals surface area (Å²) in [5.74, 6) is -0.241. The number of likely N-dealkylation sites (tertiary alicyclic amines) is 1. The van der Waals surface area contributed by atoms with Crippen molar-refractivity contribution in [3.8, 4) is 5.75 Å². The van der Waals surface area contributed by atoms with E-state index in [4.69, 9.17) is 0 Å². The Labute approximate surface area is 199 Å². The zero-order valence-corrected chi connectivity index (χ0v) is 19.3. The average molecular weight is 497 g/mol. The van der Waals surface area contributed by atoms with Crippen molar-refractivity contribution >= 4 is 23.9 Å². The average Bonchev–Trinajstić information content (AvgIpc) is 3.15. The Hall–Kier alpha value is -2.34. The van der Waals surface area contributed by atoms with E-state index in [1.807, 2.05) is 6.21 Å².